The van der Waals surface area contributed by atoms with Gasteiger partial charge in [0.15, 0.2) is 5.11 Å². The third-order valence-corrected chi connectivity index (χ3v) is 3.34. The number of nitro groups is 1. The van der Waals surface area contributed by atoms with Gasteiger partial charge in [-0.05, 0) is 42.9 Å². The Labute approximate surface area is 143 Å². The molecule has 0 bridgehead atoms. The molecule has 2 aromatic carbocycles. The first-order chi connectivity index (χ1) is 11.0. The summed E-state index contributed by atoms with van der Waals surface area (Å²) in [5, 5.41) is 18.1. The number of benzene rings is 2. The maximum atomic E-state index is 10.8. The number of nitrogens with zero attached hydrogens (tertiary/aromatic N) is 2. The second-order valence-corrected chi connectivity index (χ2v) is 5.48. The van der Waals surface area contributed by atoms with Gasteiger partial charge in [-0.15, -0.1) is 0 Å². The lowest BCUT2D eigenvalue weighted by atomic mass is 10.2. The van der Waals surface area contributed by atoms with Crippen molar-refractivity contribution < 1.29 is 4.92 Å². The fraction of sp³-hybridized carbons (Fsp3) is 0.0667. The normalized spacial score (nSPS) is 10.5. The van der Waals surface area contributed by atoms with Crippen LogP contribution in [-0.2, 0) is 0 Å². The number of hydrogen-bond acceptors (Lipinski definition) is 4. The first-order valence-electron chi connectivity index (χ1n) is 6.56. The van der Waals surface area contributed by atoms with Gasteiger partial charge in [0.2, 0.25) is 0 Å². The predicted octanol–water partition coefficient (Wildman–Crippen LogP) is 3.88. The number of hydrogen-bond donors (Lipinski definition) is 2. The first kappa shape index (κ1) is 16.9. The summed E-state index contributed by atoms with van der Waals surface area (Å²) in [6, 6.07) is 12.1. The number of halogens is 1. The number of rotatable bonds is 4. The molecule has 2 aromatic rings. The number of aryl methyl sites for hydroxylation is 1. The molecule has 0 saturated carbocycles. The van der Waals surface area contributed by atoms with Crippen molar-refractivity contribution in [3.05, 3.63) is 68.7 Å². The van der Waals surface area contributed by atoms with E-state index in [0.29, 0.717) is 10.7 Å². The van der Waals surface area contributed by atoms with Crippen molar-refractivity contribution >= 4 is 46.5 Å². The minimum absolute atomic E-state index is 0.0803. The highest BCUT2D eigenvalue weighted by Gasteiger charge is 2.11. The van der Waals surface area contributed by atoms with Crippen LogP contribution >= 0.6 is 23.8 Å². The van der Waals surface area contributed by atoms with E-state index in [1.165, 1.54) is 18.3 Å². The quantitative estimate of drug-likeness (QED) is 0.379. The van der Waals surface area contributed by atoms with E-state index in [-0.39, 0.29) is 10.7 Å². The summed E-state index contributed by atoms with van der Waals surface area (Å²) < 4.78 is 0. The van der Waals surface area contributed by atoms with Gasteiger partial charge in [0, 0.05) is 17.3 Å². The number of nitro benzene ring substituents is 1. The van der Waals surface area contributed by atoms with Crippen LogP contribution < -0.4 is 10.7 Å². The zero-order valence-electron chi connectivity index (χ0n) is 12.1. The Balaban J connectivity index is 1.97. The summed E-state index contributed by atoms with van der Waals surface area (Å²) in [6.45, 7) is 1.98. The smallest absolute Gasteiger partial charge is 0.288 e. The maximum absolute atomic E-state index is 10.8. The van der Waals surface area contributed by atoms with Crippen LogP contribution in [0.25, 0.3) is 0 Å². The van der Waals surface area contributed by atoms with Crippen LogP contribution in [-0.4, -0.2) is 16.3 Å². The van der Waals surface area contributed by atoms with Gasteiger partial charge in [-0.25, -0.2) is 0 Å². The van der Waals surface area contributed by atoms with Crippen molar-refractivity contribution in [3.8, 4) is 0 Å². The summed E-state index contributed by atoms with van der Waals surface area (Å²) >= 11 is 10.9. The molecular formula is C15H13ClN4O2S. The molecule has 2 rings (SSSR count). The zero-order valence-corrected chi connectivity index (χ0v) is 13.7. The number of nitrogens with one attached hydrogen (secondary N) is 2. The molecule has 0 heterocycles. The fourth-order valence-corrected chi connectivity index (χ4v) is 2.15. The van der Waals surface area contributed by atoms with E-state index in [4.69, 9.17) is 23.8 Å². The van der Waals surface area contributed by atoms with Crippen molar-refractivity contribution in [3.63, 3.8) is 0 Å². The molecule has 23 heavy (non-hydrogen) atoms. The van der Waals surface area contributed by atoms with E-state index in [2.05, 4.69) is 15.8 Å². The van der Waals surface area contributed by atoms with Crippen LogP contribution in [0.15, 0.2) is 47.6 Å². The highest BCUT2D eigenvalue weighted by molar-refractivity contribution is 7.80. The standard InChI is InChI=1S/C15H13ClN4O2S/c1-10-3-2-4-12(7-10)18-15(23)19-17-9-11-5-6-13(16)14(8-11)20(21)22/h2-9H,1H3,(H2,18,19,23)/b17-9+. The highest BCUT2D eigenvalue weighted by atomic mass is 35.5. The Morgan fingerprint density at radius 2 is 2.13 bits per heavy atom. The van der Waals surface area contributed by atoms with Gasteiger partial charge in [0.1, 0.15) is 5.02 Å². The van der Waals surface area contributed by atoms with Crippen molar-refractivity contribution in [2.24, 2.45) is 5.10 Å². The van der Waals surface area contributed by atoms with Crippen LogP contribution in [0.1, 0.15) is 11.1 Å². The second-order valence-electron chi connectivity index (χ2n) is 4.66. The Bertz CT molecular complexity index is 780. The third-order valence-electron chi connectivity index (χ3n) is 2.82. The van der Waals surface area contributed by atoms with Crippen LogP contribution in [0, 0.1) is 17.0 Å². The van der Waals surface area contributed by atoms with Crippen LogP contribution in [0.4, 0.5) is 11.4 Å². The fourth-order valence-electron chi connectivity index (χ4n) is 1.80. The molecule has 0 aromatic heterocycles. The van der Waals surface area contributed by atoms with Gasteiger partial charge >= 0.3 is 0 Å². The molecule has 0 atom stereocenters. The highest BCUT2D eigenvalue weighted by Crippen LogP contribution is 2.24. The first-order valence-corrected chi connectivity index (χ1v) is 7.35. The largest absolute Gasteiger partial charge is 0.331 e. The molecule has 0 aliphatic heterocycles. The van der Waals surface area contributed by atoms with Gasteiger partial charge in [-0.2, -0.15) is 5.10 Å². The Hall–Kier alpha value is -2.51. The minimum atomic E-state index is -0.545. The van der Waals surface area contributed by atoms with E-state index >= 15 is 0 Å². The second kappa shape index (κ2) is 7.66. The average Bonchev–Trinajstić information content (AvgIpc) is 2.48. The molecule has 118 valence electrons. The van der Waals surface area contributed by atoms with Crippen LogP contribution in [0.5, 0.6) is 0 Å². The van der Waals surface area contributed by atoms with E-state index in [1.807, 2.05) is 31.2 Å². The van der Waals surface area contributed by atoms with E-state index in [1.54, 1.807) is 6.07 Å². The molecular weight excluding hydrogens is 336 g/mol. The Kier molecular flexibility index (Phi) is 5.61. The van der Waals surface area contributed by atoms with Gasteiger partial charge in [0.25, 0.3) is 5.69 Å². The molecule has 6 nitrogen and oxygen atoms in total. The maximum Gasteiger partial charge on any atom is 0.288 e. The van der Waals surface area contributed by atoms with Crippen molar-refractivity contribution in [2.75, 3.05) is 5.32 Å². The summed E-state index contributed by atoms with van der Waals surface area (Å²) in [7, 11) is 0. The average molecular weight is 349 g/mol. The minimum Gasteiger partial charge on any atom is -0.331 e. The topological polar surface area (TPSA) is 79.6 Å². The summed E-state index contributed by atoms with van der Waals surface area (Å²) in [6.07, 6.45) is 1.42. The lowest BCUT2D eigenvalue weighted by Gasteiger charge is -2.07. The number of hydrazone groups is 1. The molecule has 0 saturated heterocycles. The molecule has 0 amide bonds. The molecule has 8 heteroatoms. The Morgan fingerprint density at radius 1 is 1.35 bits per heavy atom. The SMILES string of the molecule is Cc1cccc(NC(=S)N/N=C/c2ccc(Cl)c([N+](=O)[O-])c2)c1. The van der Waals surface area contributed by atoms with Crippen molar-refractivity contribution in [2.45, 2.75) is 6.92 Å². The van der Waals surface area contributed by atoms with Crippen molar-refractivity contribution in [1.82, 2.24) is 5.43 Å². The molecule has 0 radical (unpaired) electrons. The van der Waals surface area contributed by atoms with Crippen LogP contribution in [0.2, 0.25) is 5.02 Å². The lowest BCUT2D eigenvalue weighted by Crippen LogP contribution is -2.23. The molecule has 0 aliphatic carbocycles. The van der Waals surface area contributed by atoms with Gasteiger partial charge in [-0.3, -0.25) is 15.5 Å². The zero-order chi connectivity index (χ0) is 16.8. The van der Waals surface area contributed by atoms with Crippen LogP contribution in [0.3, 0.4) is 0 Å². The molecule has 0 aliphatic rings. The van der Waals surface area contributed by atoms with Crippen molar-refractivity contribution in [1.29, 1.82) is 0 Å². The number of thiocarbonyl (C=S) groups is 1. The molecule has 2 N–H and O–H groups in total. The summed E-state index contributed by atoms with van der Waals surface area (Å²) in [5.41, 5.74) is 4.97. The summed E-state index contributed by atoms with van der Waals surface area (Å²) in [4.78, 5) is 10.3. The van der Waals surface area contributed by atoms with Gasteiger partial charge in [0.05, 0.1) is 11.1 Å². The van der Waals surface area contributed by atoms with Gasteiger partial charge in [-0.1, -0.05) is 29.8 Å². The third kappa shape index (κ3) is 5.01. The number of anilines is 1. The van der Waals surface area contributed by atoms with E-state index in [0.717, 1.165) is 11.3 Å². The molecule has 0 fully saturated rings. The van der Waals surface area contributed by atoms with Gasteiger partial charge < -0.3 is 5.32 Å². The lowest BCUT2D eigenvalue weighted by molar-refractivity contribution is -0.384. The molecule has 0 unspecified atom stereocenters. The Morgan fingerprint density at radius 3 is 2.83 bits per heavy atom. The summed E-state index contributed by atoms with van der Waals surface area (Å²) in [5.74, 6) is 0. The van der Waals surface area contributed by atoms with E-state index < -0.39 is 4.92 Å². The molecule has 0 spiro atoms. The van der Waals surface area contributed by atoms with E-state index in [9.17, 15) is 10.1 Å². The monoisotopic (exact) mass is 348 g/mol. The predicted molar refractivity (Wildman–Crippen MR) is 96.2 cm³/mol.